The van der Waals surface area contributed by atoms with E-state index in [-0.39, 0.29) is 11.8 Å². The van der Waals surface area contributed by atoms with E-state index in [2.05, 4.69) is 4.98 Å². The number of ether oxygens (including phenoxy) is 1. The maximum atomic E-state index is 13.1. The molecule has 1 aromatic heterocycles. The zero-order chi connectivity index (χ0) is 19.4. The van der Waals surface area contributed by atoms with Crippen molar-refractivity contribution in [2.45, 2.75) is 26.7 Å². The first-order chi connectivity index (χ1) is 13.0. The van der Waals surface area contributed by atoms with Gasteiger partial charge in [-0.1, -0.05) is 6.07 Å². The van der Waals surface area contributed by atoms with E-state index >= 15 is 0 Å². The molecule has 1 aromatic carbocycles. The number of nitrogens with zero attached hydrogens (tertiary/aromatic N) is 2. The van der Waals surface area contributed by atoms with Gasteiger partial charge in [0.05, 0.1) is 19.1 Å². The van der Waals surface area contributed by atoms with Crippen LogP contribution in [0.4, 0.5) is 0 Å². The van der Waals surface area contributed by atoms with Crippen molar-refractivity contribution in [3.63, 3.8) is 0 Å². The van der Waals surface area contributed by atoms with Crippen molar-refractivity contribution in [1.82, 2.24) is 14.8 Å². The van der Waals surface area contributed by atoms with E-state index in [4.69, 9.17) is 4.74 Å². The highest BCUT2D eigenvalue weighted by atomic mass is 16.5. The molecule has 1 aliphatic rings. The maximum Gasteiger partial charge on any atom is 0.257 e. The van der Waals surface area contributed by atoms with Crippen molar-refractivity contribution >= 4 is 11.8 Å². The van der Waals surface area contributed by atoms with Crippen LogP contribution in [0.25, 0.3) is 0 Å². The van der Waals surface area contributed by atoms with Crippen molar-refractivity contribution in [3.8, 4) is 5.75 Å². The monoisotopic (exact) mass is 369 g/mol. The first kappa shape index (κ1) is 19.0. The fourth-order valence-electron chi connectivity index (χ4n) is 3.68. The molecule has 1 saturated heterocycles. The Kier molecular flexibility index (Phi) is 5.84. The van der Waals surface area contributed by atoms with Gasteiger partial charge in [-0.25, -0.2) is 0 Å². The fourth-order valence-corrected chi connectivity index (χ4v) is 3.68. The van der Waals surface area contributed by atoms with Gasteiger partial charge in [0.25, 0.3) is 5.91 Å². The predicted molar refractivity (Wildman–Crippen MR) is 104 cm³/mol. The lowest BCUT2D eigenvalue weighted by Crippen LogP contribution is -2.38. The SMILES string of the molecule is COc1c(C)cc(C)cc1C(=O)N1CCCN(C(=O)Cc2cc[nH]c2)CC1. The number of methoxy groups -OCH3 is 1. The van der Waals surface area contributed by atoms with E-state index in [1.54, 1.807) is 7.11 Å². The van der Waals surface area contributed by atoms with Crippen LogP contribution in [-0.4, -0.2) is 59.9 Å². The third kappa shape index (κ3) is 4.32. The molecule has 0 radical (unpaired) electrons. The van der Waals surface area contributed by atoms with E-state index in [9.17, 15) is 9.59 Å². The number of hydrogen-bond acceptors (Lipinski definition) is 3. The molecule has 0 bridgehead atoms. The highest BCUT2D eigenvalue weighted by Gasteiger charge is 2.25. The number of benzene rings is 1. The molecule has 1 fully saturated rings. The molecular weight excluding hydrogens is 342 g/mol. The molecule has 0 aliphatic carbocycles. The Bertz CT molecular complexity index is 814. The fraction of sp³-hybridized carbons (Fsp3) is 0.429. The van der Waals surface area contributed by atoms with E-state index in [1.165, 1.54) is 0 Å². The normalized spacial score (nSPS) is 14.8. The first-order valence-electron chi connectivity index (χ1n) is 9.33. The molecule has 0 saturated carbocycles. The van der Waals surface area contributed by atoms with Crippen molar-refractivity contribution < 1.29 is 14.3 Å². The van der Waals surface area contributed by atoms with Gasteiger partial charge in [-0.2, -0.15) is 0 Å². The second kappa shape index (κ2) is 8.29. The molecule has 0 unspecified atom stereocenters. The molecule has 6 heteroatoms. The minimum Gasteiger partial charge on any atom is -0.496 e. The lowest BCUT2D eigenvalue weighted by Gasteiger charge is -2.23. The largest absolute Gasteiger partial charge is 0.496 e. The van der Waals surface area contributed by atoms with Gasteiger partial charge in [0.1, 0.15) is 5.75 Å². The molecular formula is C21H27N3O3. The smallest absolute Gasteiger partial charge is 0.257 e. The van der Waals surface area contributed by atoms with Gasteiger partial charge < -0.3 is 19.5 Å². The van der Waals surface area contributed by atoms with Crippen LogP contribution in [0, 0.1) is 13.8 Å². The number of aromatic amines is 1. The molecule has 1 N–H and O–H groups in total. The van der Waals surface area contributed by atoms with Crippen LogP contribution in [0.2, 0.25) is 0 Å². The number of amides is 2. The summed E-state index contributed by atoms with van der Waals surface area (Å²) in [4.78, 5) is 32.3. The number of nitrogens with one attached hydrogen (secondary N) is 1. The van der Waals surface area contributed by atoms with Crippen LogP contribution in [0.1, 0.15) is 33.5 Å². The van der Waals surface area contributed by atoms with Crippen molar-refractivity contribution in [1.29, 1.82) is 0 Å². The summed E-state index contributed by atoms with van der Waals surface area (Å²) < 4.78 is 5.48. The minimum absolute atomic E-state index is 0.0291. The summed E-state index contributed by atoms with van der Waals surface area (Å²) in [5, 5.41) is 0. The Labute approximate surface area is 160 Å². The molecule has 2 aromatic rings. The third-order valence-electron chi connectivity index (χ3n) is 5.01. The first-order valence-corrected chi connectivity index (χ1v) is 9.33. The Morgan fingerprint density at radius 1 is 1.11 bits per heavy atom. The molecule has 144 valence electrons. The lowest BCUT2D eigenvalue weighted by atomic mass is 10.0. The van der Waals surface area contributed by atoms with Crippen molar-refractivity contribution in [3.05, 3.63) is 52.8 Å². The Hall–Kier alpha value is -2.76. The van der Waals surface area contributed by atoms with Crippen LogP contribution in [-0.2, 0) is 11.2 Å². The Morgan fingerprint density at radius 3 is 2.56 bits per heavy atom. The topological polar surface area (TPSA) is 65.6 Å². The number of aromatic nitrogens is 1. The second-order valence-corrected chi connectivity index (χ2v) is 7.09. The molecule has 2 amide bonds. The molecule has 0 atom stereocenters. The van der Waals surface area contributed by atoms with Gasteiger partial charge in [0, 0.05) is 38.6 Å². The van der Waals surface area contributed by atoms with Crippen LogP contribution < -0.4 is 4.74 Å². The Morgan fingerprint density at radius 2 is 1.85 bits per heavy atom. The zero-order valence-corrected chi connectivity index (χ0v) is 16.2. The molecule has 2 heterocycles. The van der Waals surface area contributed by atoms with Crippen LogP contribution in [0.5, 0.6) is 5.75 Å². The average molecular weight is 369 g/mol. The number of carbonyl (C=O) groups excluding carboxylic acids is 2. The summed E-state index contributed by atoms with van der Waals surface area (Å²) >= 11 is 0. The van der Waals surface area contributed by atoms with Crippen molar-refractivity contribution in [2.24, 2.45) is 0 Å². The standard InChI is InChI=1S/C21H27N3O3/c1-15-11-16(2)20(27-3)18(12-15)21(26)24-8-4-7-23(9-10-24)19(25)13-17-5-6-22-14-17/h5-6,11-12,14,22H,4,7-10,13H2,1-3H3. The molecule has 3 rings (SSSR count). The van der Waals surface area contributed by atoms with Gasteiger partial charge in [-0.3, -0.25) is 9.59 Å². The highest BCUT2D eigenvalue weighted by Crippen LogP contribution is 2.26. The Balaban J connectivity index is 1.69. The number of aryl methyl sites for hydroxylation is 2. The van der Waals surface area contributed by atoms with Crippen LogP contribution >= 0.6 is 0 Å². The number of hydrogen-bond donors (Lipinski definition) is 1. The summed E-state index contributed by atoms with van der Waals surface area (Å²) in [7, 11) is 1.60. The summed E-state index contributed by atoms with van der Waals surface area (Å²) in [5.74, 6) is 0.710. The van der Waals surface area contributed by atoms with E-state index < -0.39 is 0 Å². The van der Waals surface area contributed by atoms with Gasteiger partial charge in [-0.05, 0) is 49.1 Å². The summed E-state index contributed by atoms with van der Waals surface area (Å²) in [6, 6.07) is 5.81. The van der Waals surface area contributed by atoms with Crippen LogP contribution in [0.3, 0.4) is 0 Å². The summed E-state index contributed by atoms with van der Waals surface area (Å²) in [6.45, 7) is 6.34. The third-order valence-corrected chi connectivity index (χ3v) is 5.01. The molecule has 6 nitrogen and oxygen atoms in total. The lowest BCUT2D eigenvalue weighted by molar-refractivity contribution is -0.130. The van der Waals surface area contributed by atoms with Gasteiger partial charge in [-0.15, -0.1) is 0 Å². The number of carbonyl (C=O) groups is 2. The van der Waals surface area contributed by atoms with E-state index in [1.807, 2.05) is 54.2 Å². The predicted octanol–water partition coefficient (Wildman–Crippen LogP) is 2.56. The van der Waals surface area contributed by atoms with E-state index in [0.717, 1.165) is 23.1 Å². The summed E-state index contributed by atoms with van der Waals surface area (Å²) in [5.41, 5.74) is 3.58. The molecule has 1 aliphatic heterocycles. The number of H-pyrrole nitrogens is 1. The molecule has 27 heavy (non-hydrogen) atoms. The quantitative estimate of drug-likeness (QED) is 0.901. The van der Waals surface area contributed by atoms with Gasteiger partial charge in [0.2, 0.25) is 5.91 Å². The maximum absolute atomic E-state index is 13.1. The van der Waals surface area contributed by atoms with Gasteiger partial charge in [0.15, 0.2) is 0 Å². The van der Waals surface area contributed by atoms with Gasteiger partial charge >= 0.3 is 0 Å². The molecule has 0 spiro atoms. The second-order valence-electron chi connectivity index (χ2n) is 7.09. The number of rotatable bonds is 4. The van der Waals surface area contributed by atoms with Crippen molar-refractivity contribution in [2.75, 3.05) is 33.3 Å². The average Bonchev–Trinajstić information content (AvgIpc) is 3.01. The minimum atomic E-state index is -0.0291. The highest BCUT2D eigenvalue weighted by molar-refractivity contribution is 5.97. The summed E-state index contributed by atoms with van der Waals surface area (Å²) in [6.07, 6.45) is 4.83. The van der Waals surface area contributed by atoms with Crippen LogP contribution in [0.15, 0.2) is 30.6 Å². The van der Waals surface area contributed by atoms with E-state index in [0.29, 0.717) is 43.9 Å². The zero-order valence-electron chi connectivity index (χ0n) is 16.2.